The van der Waals surface area contributed by atoms with Crippen molar-refractivity contribution >= 4 is 12.1 Å². The average Bonchev–Trinajstić information content (AvgIpc) is 2.90. The number of carbonyl (C=O) groups is 2. The number of methoxy groups -OCH3 is 1. The van der Waals surface area contributed by atoms with Crippen molar-refractivity contribution in [2.24, 2.45) is 0 Å². The molecule has 4 rings (SSSR count). The highest BCUT2D eigenvalue weighted by atomic mass is 16.6. The molecule has 218 valence electrons. The number of hydrogen-bond donors (Lipinski definition) is 0. The third-order valence-corrected chi connectivity index (χ3v) is 7.75. The van der Waals surface area contributed by atoms with Crippen LogP contribution in [0.15, 0.2) is 48.5 Å². The number of carbonyl (C=O) groups excluding carboxylic acids is 2. The zero-order valence-corrected chi connectivity index (χ0v) is 25.1. The first kappa shape index (κ1) is 30.0. The summed E-state index contributed by atoms with van der Waals surface area (Å²) in [5.41, 5.74) is 3.99. The molecule has 2 fully saturated rings. The van der Waals surface area contributed by atoms with Gasteiger partial charge in [-0.3, -0.25) is 14.7 Å². The molecule has 0 aromatic heterocycles. The molecule has 2 aromatic carbocycles. The van der Waals surface area contributed by atoms with Crippen LogP contribution in [-0.4, -0.2) is 95.7 Å². The van der Waals surface area contributed by atoms with Gasteiger partial charge >= 0.3 is 12.1 Å². The zero-order chi connectivity index (χ0) is 28.9. The van der Waals surface area contributed by atoms with E-state index in [0.717, 1.165) is 45.8 Å². The SMILES string of the molecule is COC(=O)c1ccc(CN2C[C@@H](C)N(Cc3cccc(CN4CCN(C(=O)OC(C)(C)C)CC4)c3)[C@@H](C)C2)cc1. The van der Waals surface area contributed by atoms with E-state index in [2.05, 4.69) is 52.8 Å². The second-order valence-corrected chi connectivity index (χ2v) is 12.3. The number of hydrogen-bond acceptors (Lipinski definition) is 7. The van der Waals surface area contributed by atoms with E-state index >= 15 is 0 Å². The molecule has 2 aliphatic rings. The van der Waals surface area contributed by atoms with Gasteiger partial charge in [-0.2, -0.15) is 0 Å². The van der Waals surface area contributed by atoms with Gasteiger partial charge in [-0.25, -0.2) is 9.59 Å². The summed E-state index contributed by atoms with van der Waals surface area (Å²) >= 11 is 0. The Balaban J connectivity index is 1.27. The molecule has 0 radical (unpaired) electrons. The molecular formula is C32H46N4O4. The molecule has 0 spiro atoms. The number of benzene rings is 2. The number of esters is 1. The summed E-state index contributed by atoms with van der Waals surface area (Å²) in [6.07, 6.45) is -0.214. The fourth-order valence-corrected chi connectivity index (χ4v) is 5.74. The molecule has 8 heteroatoms. The Morgan fingerprint density at radius 2 is 1.38 bits per heavy atom. The van der Waals surface area contributed by atoms with Crippen molar-refractivity contribution in [2.45, 2.75) is 71.9 Å². The minimum Gasteiger partial charge on any atom is -0.465 e. The van der Waals surface area contributed by atoms with Gasteiger partial charge in [0.25, 0.3) is 0 Å². The molecule has 0 bridgehead atoms. The summed E-state index contributed by atoms with van der Waals surface area (Å²) in [5, 5.41) is 0. The summed E-state index contributed by atoms with van der Waals surface area (Å²) in [6, 6.07) is 17.6. The fourth-order valence-electron chi connectivity index (χ4n) is 5.74. The molecule has 2 aliphatic heterocycles. The maximum Gasteiger partial charge on any atom is 0.410 e. The van der Waals surface area contributed by atoms with E-state index in [1.54, 1.807) is 0 Å². The van der Waals surface area contributed by atoms with Crippen LogP contribution in [0, 0.1) is 0 Å². The number of rotatable bonds is 7. The number of amides is 1. The highest BCUT2D eigenvalue weighted by molar-refractivity contribution is 5.89. The monoisotopic (exact) mass is 550 g/mol. The van der Waals surface area contributed by atoms with Gasteiger partial charge in [0.15, 0.2) is 0 Å². The van der Waals surface area contributed by atoms with Crippen LogP contribution in [0.4, 0.5) is 4.79 Å². The maximum atomic E-state index is 12.4. The van der Waals surface area contributed by atoms with Crippen LogP contribution >= 0.6 is 0 Å². The molecule has 8 nitrogen and oxygen atoms in total. The predicted octanol–water partition coefficient (Wildman–Crippen LogP) is 4.62. The summed E-state index contributed by atoms with van der Waals surface area (Å²) in [7, 11) is 1.41. The van der Waals surface area contributed by atoms with E-state index < -0.39 is 5.60 Å². The van der Waals surface area contributed by atoms with Crippen LogP contribution in [-0.2, 0) is 29.1 Å². The minimum atomic E-state index is -0.463. The lowest BCUT2D eigenvalue weighted by Gasteiger charge is -2.44. The lowest BCUT2D eigenvalue weighted by molar-refractivity contribution is 0.0138. The molecular weight excluding hydrogens is 504 g/mol. The van der Waals surface area contributed by atoms with E-state index in [1.807, 2.05) is 49.9 Å². The van der Waals surface area contributed by atoms with Gasteiger partial charge in [-0.1, -0.05) is 36.4 Å². The first-order valence-corrected chi connectivity index (χ1v) is 14.4. The Kier molecular flexibility index (Phi) is 9.87. The van der Waals surface area contributed by atoms with Crippen molar-refractivity contribution in [3.63, 3.8) is 0 Å². The molecule has 1 amide bonds. The van der Waals surface area contributed by atoms with Crippen molar-refractivity contribution in [2.75, 3.05) is 46.4 Å². The van der Waals surface area contributed by atoms with E-state index in [0.29, 0.717) is 30.7 Å². The molecule has 40 heavy (non-hydrogen) atoms. The summed E-state index contributed by atoms with van der Waals surface area (Å²) in [4.78, 5) is 33.5. The molecule has 2 saturated heterocycles. The standard InChI is InChI=1S/C32H46N4O4/c1-24-19-34(21-26-10-12-29(13-11-26)30(37)39-6)20-25(2)36(24)23-28-9-7-8-27(18-28)22-33-14-16-35(17-15-33)31(38)40-32(3,4)5/h7-13,18,24-25H,14-17,19-23H2,1-6H3/t24-,25+. The van der Waals surface area contributed by atoms with Crippen LogP contribution in [0.3, 0.4) is 0 Å². The van der Waals surface area contributed by atoms with Crippen molar-refractivity contribution in [1.82, 2.24) is 19.6 Å². The van der Waals surface area contributed by atoms with Gasteiger partial charge in [0.1, 0.15) is 5.60 Å². The summed E-state index contributed by atoms with van der Waals surface area (Å²) < 4.78 is 10.3. The first-order valence-electron chi connectivity index (χ1n) is 14.4. The Labute approximate surface area is 239 Å². The smallest absolute Gasteiger partial charge is 0.410 e. The topological polar surface area (TPSA) is 65.6 Å². The van der Waals surface area contributed by atoms with E-state index in [-0.39, 0.29) is 12.1 Å². The van der Waals surface area contributed by atoms with Gasteiger partial charge < -0.3 is 14.4 Å². The molecule has 0 saturated carbocycles. The molecule has 2 aromatic rings. The van der Waals surface area contributed by atoms with Gasteiger partial charge in [0, 0.05) is 71.0 Å². The van der Waals surface area contributed by atoms with E-state index in [4.69, 9.17) is 9.47 Å². The van der Waals surface area contributed by atoms with Crippen LogP contribution in [0.5, 0.6) is 0 Å². The molecule has 0 unspecified atom stereocenters. The average molecular weight is 551 g/mol. The Hall–Kier alpha value is -2.94. The Morgan fingerprint density at radius 3 is 1.95 bits per heavy atom. The lowest BCUT2D eigenvalue weighted by atomic mass is 10.0. The highest BCUT2D eigenvalue weighted by Gasteiger charge is 2.30. The number of ether oxygens (including phenoxy) is 2. The van der Waals surface area contributed by atoms with Crippen molar-refractivity contribution < 1.29 is 19.1 Å². The molecule has 2 atom stereocenters. The second-order valence-electron chi connectivity index (χ2n) is 12.3. The lowest BCUT2D eigenvalue weighted by Crippen LogP contribution is -2.55. The van der Waals surface area contributed by atoms with Crippen molar-refractivity contribution in [3.05, 3.63) is 70.8 Å². The van der Waals surface area contributed by atoms with E-state index in [1.165, 1.54) is 23.8 Å². The summed E-state index contributed by atoms with van der Waals surface area (Å²) in [6.45, 7) is 18.2. The molecule has 0 N–H and O–H groups in total. The normalized spacial score (nSPS) is 21.3. The van der Waals surface area contributed by atoms with Crippen LogP contribution in [0.2, 0.25) is 0 Å². The summed E-state index contributed by atoms with van der Waals surface area (Å²) in [5.74, 6) is -0.299. The van der Waals surface area contributed by atoms with Gasteiger partial charge in [0.05, 0.1) is 12.7 Å². The van der Waals surface area contributed by atoms with Gasteiger partial charge in [0.2, 0.25) is 0 Å². The van der Waals surface area contributed by atoms with E-state index in [9.17, 15) is 9.59 Å². The third-order valence-electron chi connectivity index (χ3n) is 7.75. The Morgan fingerprint density at radius 1 is 0.800 bits per heavy atom. The zero-order valence-electron chi connectivity index (χ0n) is 25.1. The highest BCUT2D eigenvalue weighted by Crippen LogP contribution is 2.22. The minimum absolute atomic E-state index is 0.214. The largest absolute Gasteiger partial charge is 0.465 e. The van der Waals surface area contributed by atoms with Gasteiger partial charge in [-0.05, 0) is 63.4 Å². The van der Waals surface area contributed by atoms with Crippen LogP contribution in [0.1, 0.15) is 61.7 Å². The predicted molar refractivity (Wildman–Crippen MR) is 157 cm³/mol. The Bertz CT molecular complexity index is 1130. The maximum absolute atomic E-state index is 12.4. The second kappa shape index (κ2) is 13.1. The third kappa shape index (κ3) is 8.29. The van der Waals surface area contributed by atoms with Crippen molar-refractivity contribution in [1.29, 1.82) is 0 Å². The fraction of sp³-hybridized carbons (Fsp3) is 0.562. The quantitative estimate of drug-likeness (QED) is 0.466. The molecule has 0 aliphatic carbocycles. The number of nitrogens with zero attached hydrogens (tertiary/aromatic N) is 4. The first-order chi connectivity index (χ1) is 19.0. The molecule has 2 heterocycles. The number of piperazine rings is 2. The van der Waals surface area contributed by atoms with Gasteiger partial charge in [-0.15, -0.1) is 0 Å². The van der Waals surface area contributed by atoms with Crippen molar-refractivity contribution in [3.8, 4) is 0 Å². The van der Waals surface area contributed by atoms with Crippen LogP contribution < -0.4 is 0 Å². The van der Waals surface area contributed by atoms with Crippen LogP contribution in [0.25, 0.3) is 0 Å².